The summed E-state index contributed by atoms with van der Waals surface area (Å²) in [4.78, 5) is 26.9. The van der Waals surface area contributed by atoms with Crippen molar-refractivity contribution in [3.05, 3.63) is 37.9 Å². The van der Waals surface area contributed by atoms with E-state index >= 15 is 0 Å². The molecule has 3 N–H and O–H groups in total. The molecular weight excluding hydrogens is 394 g/mol. The zero-order valence-electron chi connectivity index (χ0n) is 16.6. The van der Waals surface area contributed by atoms with Crippen molar-refractivity contribution in [3.8, 4) is 6.07 Å². The second kappa shape index (κ2) is 7.32. The Bertz CT molecular complexity index is 979. The van der Waals surface area contributed by atoms with E-state index in [1.165, 1.54) is 22.7 Å². The number of nitrogens with one attached hydrogen (secondary N) is 1. The minimum Gasteiger partial charge on any atom is -0.451 e. The first-order chi connectivity index (χ1) is 13.0. The van der Waals surface area contributed by atoms with E-state index < -0.39 is 11.9 Å². The Hall–Kier alpha value is -2.21. The third-order valence-electron chi connectivity index (χ3n) is 4.62. The number of carbonyl (C=O) groups is 2. The molecule has 0 unspecified atom stereocenters. The SMILES string of the molecule is Cc1ccc(C(=O)OCC(=O)Nc2sc3c(c2C#N)CC(C)(C)[NH2+]C3(C)C)s1. The van der Waals surface area contributed by atoms with Crippen LogP contribution in [-0.2, 0) is 21.5 Å². The molecule has 0 aromatic carbocycles. The third-order valence-corrected chi connectivity index (χ3v) is 7.08. The van der Waals surface area contributed by atoms with E-state index in [1.807, 2.05) is 13.0 Å². The molecule has 0 aliphatic carbocycles. The van der Waals surface area contributed by atoms with Crippen molar-refractivity contribution >= 4 is 39.6 Å². The van der Waals surface area contributed by atoms with Crippen LogP contribution in [0.5, 0.6) is 0 Å². The molecule has 0 radical (unpaired) electrons. The van der Waals surface area contributed by atoms with Crippen molar-refractivity contribution in [2.45, 2.75) is 52.1 Å². The third kappa shape index (κ3) is 4.12. The Balaban J connectivity index is 1.74. The summed E-state index contributed by atoms with van der Waals surface area (Å²) in [5.41, 5.74) is 1.31. The van der Waals surface area contributed by atoms with Gasteiger partial charge in [0.2, 0.25) is 0 Å². The fourth-order valence-corrected chi connectivity index (χ4v) is 5.84. The highest BCUT2D eigenvalue weighted by molar-refractivity contribution is 7.17. The predicted octanol–water partition coefficient (Wildman–Crippen LogP) is 2.92. The van der Waals surface area contributed by atoms with Gasteiger partial charge in [0.15, 0.2) is 6.61 Å². The summed E-state index contributed by atoms with van der Waals surface area (Å²) in [5, 5.41) is 15.3. The molecule has 0 saturated carbocycles. The summed E-state index contributed by atoms with van der Waals surface area (Å²) in [7, 11) is 0. The number of thiophene rings is 2. The van der Waals surface area contributed by atoms with E-state index in [1.54, 1.807) is 6.07 Å². The first kappa shape index (κ1) is 20.5. The topological polar surface area (TPSA) is 95.8 Å². The maximum absolute atomic E-state index is 12.3. The average Bonchev–Trinajstić information content (AvgIpc) is 3.15. The molecule has 0 fully saturated rings. The van der Waals surface area contributed by atoms with Crippen molar-refractivity contribution in [1.29, 1.82) is 5.26 Å². The van der Waals surface area contributed by atoms with Crippen LogP contribution in [0, 0.1) is 18.3 Å². The van der Waals surface area contributed by atoms with Crippen LogP contribution in [0.1, 0.15) is 58.2 Å². The minimum absolute atomic E-state index is 0.0289. The first-order valence-corrected chi connectivity index (χ1v) is 10.6. The van der Waals surface area contributed by atoms with Gasteiger partial charge in [-0.1, -0.05) is 0 Å². The summed E-state index contributed by atoms with van der Waals surface area (Å²) in [5.74, 6) is -0.963. The van der Waals surface area contributed by atoms with Gasteiger partial charge < -0.3 is 15.4 Å². The van der Waals surface area contributed by atoms with E-state index in [4.69, 9.17) is 4.74 Å². The smallest absolute Gasteiger partial charge is 0.348 e. The van der Waals surface area contributed by atoms with Gasteiger partial charge in [0.05, 0.1) is 16.0 Å². The van der Waals surface area contributed by atoms with Gasteiger partial charge in [0.1, 0.15) is 21.5 Å². The van der Waals surface area contributed by atoms with Gasteiger partial charge in [-0.2, -0.15) is 5.26 Å². The number of ether oxygens (including phenoxy) is 1. The summed E-state index contributed by atoms with van der Waals surface area (Å²) in [6.45, 7) is 10.1. The van der Waals surface area contributed by atoms with E-state index in [-0.39, 0.29) is 17.7 Å². The van der Waals surface area contributed by atoms with Crippen LogP contribution >= 0.6 is 22.7 Å². The molecule has 2 aromatic rings. The molecule has 148 valence electrons. The number of hydrogen-bond acceptors (Lipinski definition) is 6. The Labute approximate surface area is 172 Å². The second-order valence-corrected chi connectivity index (χ2v) is 10.6. The van der Waals surface area contributed by atoms with Gasteiger partial charge in [-0.3, -0.25) is 4.79 Å². The lowest BCUT2D eigenvalue weighted by Crippen LogP contribution is -3.03. The molecule has 3 rings (SSSR count). The van der Waals surface area contributed by atoms with Gasteiger partial charge in [-0.15, -0.1) is 22.7 Å². The van der Waals surface area contributed by atoms with Crippen molar-refractivity contribution in [3.63, 3.8) is 0 Å². The summed E-state index contributed by atoms with van der Waals surface area (Å²) < 4.78 is 5.10. The van der Waals surface area contributed by atoms with Gasteiger partial charge in [0.25, 0.3) is 5.91 Å². The zero-order chi connectivity index (χ0) is 20.7. The molecule has 3 heterocycles. The Kier molecular flexibility index (Phi) is 5.36. The lowest BCUT2D eigenvalue weighted by molar-refractivity contribution is -0.789. The number of amides is 1. The number of nitrogens with two attached hydrogens (primary N) is 1. The zero-order valence-corrected chi connectivity index (χ0v) is 18.3. The van der Waals surface area contributed by atoms with Gasteiger partial charge in [-0.05, 0) is 52.3 Å². The second-order valence-electron chi connectivity index (χ2n) is 8.29. The highest BCUT2D eigenvalue weighted by atomic mass is 32.1. The Morgan fingerprint density at radius 1 is 1.29 bits per heavy atom. The van der Waals surface area contributed by atoms with Crippen LogP contribution in [0.2, 0.25) is 0 Å². The molecule has 0 bridgehead atoms. The molecule has 0 atom stereocenters. The highest BCUT2D eigenvalue weighted by Crippen LogP contribution is 2.41. The van der Waals surface area contributed by atoms with Crippen LogP contribution in [-0.4, -0.2) is 24.0 Å². The summed E-state index contributed by atoms with van der Waals surface area (Å²) >= 11 is 2.76. The number of nitriles is 1. The molecule has 0 spiro atoms. The van der Waals surface area contributed by atoms with Crippen molar-refractivity contribution < 1.29 is 19.6 Å². The number of hydrogen-bond donors (Lipinski definition) is 2. The number of aryl methyl sites for hydroxylation is 1. The van der Waals surface area contributed by atoms with E-state index in [9.17, 15) is 14.9 Å². The average molecular weight is 419 g/mol. The monoisotopic (exact) mass is 418 g/mol. The molecule has 1 aliphatic heterocycles. The number of carbonyl (C=O) groups excluding carboxylic acids is 2. The highest BCUT2D eigenvalue weighted by Gasteiger charge is 2.44. The van der Waals surface area contributed by atoms with Crippen LogP contribution < -0.4 is 10.6 Å². The predicted molar refractivity (Wildman–Crippen MR) is 110 cm³/mol. The van der Waals surface area contributed by atoms with Crippen LogP contribution in [0.15, 0.2) is 12.1 Å². The maximum Gasteiger partial charge on any atom is 0.348 e. The summed E-state index contributed by atoms with van der Waals surface area (Å²) in [6, 6.07) is 5.77. The summed E-state index contributed by atoms with van der Waals surface area (Å²) in [6.07, 6.45) is 0.758. The fraction of sp³-hybridized carbons (Fsp3) is 0.450. The molecule has 8 heteroatoms. The quantitative estimate of drug-likeness (QED) is 0.746. The maximum atomic E-state index is 12.3. The first-order valence-electron chi connectivity index (χ1n) is 8.99. The van der Waals surface area contributed by atoms with E-state index in [2.05, 4.69) is 44.4 Å². The Morgan fingerprint density at radius 3 is 2.61 bits per heavy atom. The van der Waals surface area contributed by atoms with Gasteiger partial charge >= 0.3 is 5.97 Å². The molecule has 6 nitrogen and oxygen atoms in total. The lowest BCUT2D eigenvalue weighted by Gasteiger charge is -2.38. The molecule has 2 aromatic heterocycles. The normalized spacial score (nSPS) is 16.7. The largest absolute Gasteiger partial charge is 0.451 e. The molecule has 0 saturated heterocycles. The number of rotatable bonds is 4. The number of esters is 1. The fourth-order valence-electron chi connectivity index (χ4n) is 3.82. The van der Waals surface area contributed by atoms with Crippen LogP contribution in [0.3, 0.4) is 0 Å². The number of fused-ring (bicyclic) bond motifs is 1. The molecule has 1 amide bonds. The van der Waals surface area contributed by atoms with E-state index in [0.717, 1.165) is 21.7 Å². The Morgan fingerprint density at radius 2 is 2.00 bits per heavy atom. The van der Waals surface area contributed by atoms with Gasteiger partial charge in [0, 0.05) is 11.3 Å². The standard InChI is InChI=1S/C20H23N3O3S2/c1-11-6-7-14(27-11)18(25)26-10-15(24)22-17-13(9-21)12-8-19(2,3)23-20(4,5)16(12)28-17/h6-7,23H,8,10H2,1-5H3,(H,22,24)/p+1. The van der Waals surface area contributed by atoms with E-state index in [0.29, 0.717) is 15.4 Å². The van der Waals surface area contributed by atoms with Crippen molar-refractivity contribution in [2.24, 2.45) is 0 Å². The number of nitrogens with zero attached hydrogens (tertiary/aromatic N) is 1. The molecule has 28 heavy (non-hydrogen) atoms. The lowest BCUT2D eigenvalue weighted by atomic mass is 9.81. The van der Waals surface area contributed by atoms with Gasteiger partial charge in [-0.25, -0.2) is 4.79 Å². The van der Waals surface area contributed by atoms with Crippen LogP contribution in [0.4, 0.5) is 5.00 Å². The minimum atomic E-state index is -0.517. The number of quaternary nitrogens is 1. The molecule has 1 aliphatic rings. The van der Waals surface area contributed by atoms with Crippen molar-refractivity contribution in [1.82, 2.24) is 0 Å². The van der Waals surface area contributed by atoms with Crippen LogP contribution in [0.25, 0.3) is 0 Å². The molecular formula is C20H24N3O3S2+. The van der Waals surface area contributed by atoms with Crippen molar-refractivity contribution in [2.75, 3.05) is 11.9 Å². The number of anilines is 1.